The molecule has 0 fully saturated rings. The molecule has 124 valence electrons. The molecule has 6 heteroatoms. The SMILES string of the molecule is Cc1cc(C(=O)Nc2nc(-c3ccc(C(C)(C)C)cc3)cs2)on1. The number of benzene rings is 1. The van der Waals surface area contributed by atoms with Crippen molar-refractivity contribution in [3.8, 4) is 11.3 Å². The van der Waals surface area contributed by atoms with Crippen molar-refractivity contribution in [2.75, 3.05) is 5.32 Å². The molecule has 0 aliphatic heterocycles. The van der Waals surface area contributed by atoms with E-state index in [0.717, 1.165) is 11.3 Å². The molecule has 0 saturated carbocycles. The summed E-state index contributed by atoms with van der Waals surface area (Å²) in [5.41, 5.74) is 3.92. The molecule has 0 saturated heterocycles. The molecular weight excluding hydrogens is 322 g/mol. The highest BCUT2D eigenvalue weighted by Crippen LogP contribution is 2.28. The van der Waals surface area contributed by atoms with Crippen molar-refractivity contribution in [1.82, 2.24) is 10.1 Å². The summed E-state index contributed by atoms with van der Waals surface area (Å²) in [5, 5.41) is 8.89. The van der Waals surface area contributed by atoms with Gasteiger partial charge in [-0.05, 0) is 17.9 Å². The maximum absolute atomic E-state index is 12.1. The molecule has 0 aliphatic rings. The van der Waals surface area contributed by atoms with E-state index in [0.29, 0.717) is 10.8 Å². The maximum Gasteiger partial charge on any atom is 0.296 e. The van der Waals surface area contributed by atoms with E-state index >= 15 is 0 Å². The molecule has 1 N–H and O–H groups in total. The predicted octanol–water partition coefficient (Wildman–Crippen LogP) is 4.66. The van der Waals surface area contributed by atoms with Gasteiger partial charge in [0.05, 0.1) is 11.4 Å². The fourth-order valence-corrected chi connectivity index (χ4v) is 2.95. The van der Waals surface area contributed by atoms with Crippen LogP contribution in [0, 0.1) is 6.92 Å². The molecule has 0 radical (unpaired) electrons. The standard InChI is InChI=1S/C18H19N3O2S/c1-11-9-15(23-21-11)16(22)20-17-19-14(10-24-17)12-5-7-13(8-6-12)18(2,3)4/h5-10H,1-4H3,(H,19,20,22). The van der Waals surface area contributed by atoms with E-state index in [-0.39, 0.29) is 17.1 Å². The van der Waals surface area contributed by atoms with E-state index < -0.39 is 0 Å². The van der Waals surface area contributed by atoms with Crippen LogP contribution in [0.25, 0.3) is 11.3 Å². The molecular formula is C18H19N3O2S. The Balaban J connectivity index is 1.74. The second-order valence-electron chi connectivity index (χ2n) is 6.65. The first-order valence-electron chi connectivity index (χ1n) is 7.64. The van der Waals surface area contributed by atoms with E-state index in [1.165, 1.54) is 16.9 Å². The Morgan fingerprint density at radius 3 is 2.50 bits per heavy atom. The van der Waals surface area contributed by atoms with Crippen molar-refractivity contribution >= 4 is 22.4 Å². The number of aryl methyl sites for hydroxylation is 1. The first-order chi connectivity index (χ1) is 11.3. The normalized spacial score (nSPS) is 11.5. The van der Waals surface area contributed by atoms with Gasteiger partial charge in [-0.15, -0.1) is 11.3 Å². The number of rotatable bonds is 3. The smallest absolute Gasteiger partial charge is 0.296 e. The summed E-state index contributed by atoms with van der Waals surface area (Å²) in [6, 6.07) is 9.94. The van der Waals surface area contributed by atoms with E-state index in [1.54, 1.807) is 13.0 Å². The summed E-state index contributed by atoms with van der Waals surface area (Å²) in [7, 11) is 0. The lowest BCUT2D eigenvalue weighted by molar-refractivity contribution is 0.0988. The lowest BCUT2D eigenvalue weighted by atomic mass is 9.86. The maximum atomic E-state index is 12.1. The number of thiazole rings is 1. The van der Waals surface area contributed by atoms with Crippen LogP contribution >= 0.6 is 11.3 Å². The first-order valence-corrected chi connectivity index (χ1v) is 8.52. The van der Waals surface area contributed by atoms with Crippen LogP contribution in [0.2, 0.25) is 0 Å². The van der Waals surface area contributed by atoms with Crippen molar-refractivity contribution in [3.05, 3.63) is 52.7 Å². The Morgan fingerprint density at radius 1 is 1.21 bits per heavy atom. The molecule has 0 spiro atoms. The molecule has 2 heterocycles. The van der Waals surface area contributed by atoms with Crippen molar-refractivity contribution < 1.29 is 9.32 Å². The number of aromatic nitrogens is 2. The molecule has 0 unspecified atom stereocenters. The van der Waals surface area contributed by atoms with E-state index in [9.17, 15) is 4.79 Å². The van der Waals surface area contributed by atoms with Gasteiger partial charge in [-0.1, -0.05) is 50.2 Å². The third-order valence-electron chi connectivity index (χ3n) is 3.62. The van der Waals surface area contributed by atoms with Crippen LogP contribution < -0.4 is 5.32 Å². The largest absolute Gasteiger partial charge is 0.351 e. The lowest BCUT2D eigenvalue weighted by Gasteiger charge is -2.18. The molecule has 3 rings (SSSR count). The van der Waals surface area contributed by atoms with E-state index in [1.807, 2.05) is 5.38 Å². The fraction of sp³-hybridized carbons (Fsp3) is 0.278. The molecule has 1 aromatic carbocycles. The Labute approximate surface area is 144 Å². The van der Waals surface area contributed by atoms with Gasteiger partial charge < -0.3 is 4.52 Å². The summed E-state index contributed by atoms with van der Waals surface area (Å²) in [6.45, 7) is 8.32. The zero-order valence-corrected chi connectivity index (χ0v) is 14.9. The highest BCUT2D eigenvalue weighted by atomic mass is 32.1. The topological polar surface area (TPSA) is 68.0 Å². The average Bonchev–Trinajstić information content (AvgIpc) is 3.16. The minimum Gasteiger partial charge on any atom is -0.351 e. The van der Waals surface area contributed by atoms with Gasteiger partial charge >= 0.3 is 0 Å². The van der Waals surface area contributed by atoms with Gasteiger partial charge in [0.25, 0.3) is 5.91 Å². The summed E-state index contributed by atoms with van der Waals surface area (Å²) in [6.07, 6.45) is 0. The summed E-state index contributed by atoms with van der Waals surface area (Å²) < 4.78 is 4.95. The molecule has 0 atom stereocenters. The van der Waals surface area contributed by atoms with Crippen molar-refractivity contribution in [3.63, 3.8) is 0 Å². The minimum absolute atomic E-state index is 0.120. The highest BCUT2D eigenvalue weighted by molar-refractivity contribution is 7.14. The molecule has 5 nitrogen and oxygen atoms in total. The van der Waals surface area contributed by atoms with Crippen LogP contribution in [-0.2, 0) is 5.41 Å². The predicted molar refractivity (Wildman–Crippen MR) is 95.4 cm³/mol. The number of carbonyl (C=O) groups is 1. The average molecular weight is 341 g/mol. The zero-order valence-electron chi connectivity index (χ0n) is 14.1. The molecule has 0 aliphatic carbocycles. The third-order valence-corrected chi connectivity index (χ3v) is 4.38. The van der Waals surface area contributed by atoms with Gasteiger partial charge in [0.1, 0.15) is 0 Å². The molecule has 0 bridgehead atoms. The number of nitrogens with one attached hydrogen (secondary N) is 1. The quantitative estimate of drug-likeness (QED) is 0.752. The number of anilines is 1. The van der Waals surface area contributed by atoms with Crippen LogP contribution in [-0.4, -0.2) is 16.0 Å². The highest BCUT2D eigenvalue weighted by Gasteiger charge is 2.15. The van der Waals surface area contributed by atoms with Gasteiger partial charge in [0, 0.05) is 17.0 Å². The Bertz CT molecular complexity index is 857. The molecule has 24 heavy (non-hydrogen) atoms. The number of hydrogen-bond acceptors (Lipinski definition) is 5. The summed E-state index contributed by atoms with van der Waals surface area (Å²) in [5.74, 6) is -0.168. The van der Waals surface area contributed by atoms with Gasteiger partial charge in [0.15, 0.2) is 5.13 Å². The van der Waals surface area contributed by atoms with Crippen LogP contribution in [0.3, 0.4) is 0 Å². The van der Waals surface area contributed by atoms with Gasteiger partial charge in [0.2, 0.25) is 5.76 Å². The minimum atomic E-state index is -0.348. The zero-order chi connectivity index (χ0) is 17.3. The molecule has 3 aromatic rings. The monoisotopic (exact) mass is 341 g/mol. The fourth-order valence-electron chi connectivity index (χ4n) is 2.23. The van der Waals surface area contributed by atoms with E-state index in [2.05, 4.69) is 60.5 Å². The Hall–Kier alpha value is -2.47. The number of nitrogens with zero attached hydrogens (tertiary/aromatic N) is 2. The first kappa shape index (κ1) is 16.4. The second kappa shape index (κ2) is 6.20. The van der Waals surface area contributed by atoms with Crippen LogP contribution in [0.5, 0.6) is 0 Å². The number of amides is 1. The second-order valence-corrected chi connectivity index (χ2v) is 7.51. The van der Waals surface area contributed by atoms with Crippen molar-refractivity contribution in [2.45, 2.75) is 33.1 Å². The number of hydrogen-bond donors (Lipinski definition) is 1. The summed E-state index contributed by atoms with van der Waals surface area (Å²) >= 11 is 1.38. The van der Waals surface area contributed by atoms with E-state index in [4.69, 9.17) is 4.52 Å². The number of carbonyl (C=O) groups excluding carboxylic acids is 1. The van der Waals surface area contributed by atoms with Crippen LogP contribution in [0.4, 0.5) is 5.13 Å². The Kier molecular flexibility index (Phi) is 4.24. The summed E-state index contributed by atoms with van der Waals surface area (Å²) in [4.78, 5) is 16.5. The lowest BCUT2D eigenvalue weighted by Crippen LogP contribution is -2.10. The van der Waals surface area contributed by atoms with Crippen LogP contribution in [0.15, 0.2) is 40.2 Å². The molecule has 1 amide bonds. The molecule has 2 aromatic heterocycles. The Morgan fingerprint density at radius 2 is 1.92 bits per heavy atom. The van der Waals surface area contributed by atoms with Crippen molar-refractivity contribution in [2.24, 2.45) is 0 Å². The third kappa shape index (κ3) is 3.54. The van der Waals surface area contributed by atoms with Crippen molar-refractivity contribution in [1.29, 1.82) is 0 Å². The van der Waals surface area contributed by atoms with Gasteiger partial charge in [-0.25, -0.2) is 4.98 Å². The van der Waals surface area contributed by atoms with Crippen LogP contribution in [0.1, 0.15) is 42.6 Å². The van der Waals surface area contributed by atoms with Gasteiger partial charge in [-0.2, -0.15) is 0 Å². The van der Waals surface area contributed by atoms with Gasteiger partial charge in [-0.3, -0.25) is 10.1 Å².